The van der Waals surface area contributed by atoms with Gasteiger partial charge in [-0.3, -0.25) is 0 Å². The molecule has 4 nitrogen and oxygen atoms in total. The van der Waals surface area contributed by atoms with Gasteiger partial charge in [0.05, 0.1) is 36.9 Å². The Bertz CT molecular complexity index is 1180. The van der Waals surface area contributed by atoms with Crippen LogP contribution in [0.25, 0.3) is 11.0 Å². The molecule has 0 spiro atoms. The number of imidazole rings is 1. The van der Waals surface area contributed by atoms with Gasteiger partial charge >= 0.3 is 6.18 Å². The Labute approximate surface area is 188 Å². The van der Waals surface area contributed by atoms with E-state index in [1.807, 2.05) is 59.2 Å². The lowest BCUT2D eigenvalue weighted by Gasteiger charge is -2.10. The maximum Gasteiger partial charge on any atom is 0.416 e. The molecule has 166 valence electrons. The molecule has 0 saturated heterocycles. The summed E-state index contributed by atoms with van der Waals surface area (Å²) >= 11 is 1.45. The van der Waals surface area contributed by atoms with E-state index in [2.05, 4.69) is 4.98 Å². The van der Waals surface area contributed by atoms with E-state index in [0.717, 1.165) is 29.2 Å². The van der Waals surface area contributed by atoms with E-state index in [4.69, 9.17) is 9.47 Å². The van der Waals surface area contributed by atoms with E-state index >= 15 is 0 Å². The normalized spacial score (nSPS) is 11.6. The van der Waals surface area contributed by atoms with Crippen molar-refractivity contribution >= 4 is 22.8 Å². The highest BCUT2D eigenvalue weighted by molar-refractivity contribution is 7.99. The Kier molecular flexibility index (Phi) is 6.60. The highest BCUT2D eigenvalue weighted by Gasteiger charge is 2.31. The van der Waals surface area contributed by atoms with Crippen LogP contribution in [0.15, 0.2) is 78.0 Å². The summed E-state index contributed by atoms with van der Waals surface area (Å²) in [6.45, 7) is 0.948. The van der Waals surface area contributed by atoms with Crippen molar-refractivity contribution in [3.8, 4) is 11.5 Å². The van der Waals surface area contributed by atoms with Crippen LogP contribution in [0.1, 0.15) is 11.1 Å². The zero-order chi connectivity index (χ0) is 22.6. The highest BCUT2D eigenvalue weighted by atomic mass is 32.2. The van der Waals surface area contributed by atoms with Crippen LogP contribution < -0.4 is 9.47 Å². The first kappa shape index (κ1) is 22.1. The maximum atomic E-state index is 13.2. The Morgan fingerprint density at radius 3 is 2.34 bits per heavy atom. The second-order valence-corrected chi connectivity index (χ2v) is 8.10. The average molecular weight is 459 g/mol. The summed E-state index contributed by atoms with van der Waals surface area (Å²) in [6, 6.07) is 20.8. The molecule has 0 amide bonds. The Balaban J connectivity index is 1.53. The van der Waals surface area contributed by atoms with Gasteiger partial charge in [-0.15, -0.1) is 0 Å². The van der Waals surface area contributed by atoms with Crippen molar-refractivity contribution in [1.29, 1.82) is 0 Å². The molecule has 1 heterocycles. The second-order valence-electron chi connectivity index (χ2n) is 7.04. The van der Waals surface area contributed by atoms with Crippen LogP contribution in [0, 0.1) is 0 Å². The van der Waals surface area contributed by atoms with Crippen LogP contribution in [0.3, 0.4) is 0 Å². The first-order chi connectivity index (χ1) is 15.4. The third-order valence-electron chi connectivity index (χ3n) is 4.87. The fourth-order valence-corrected chi connectivity index (χ4v) is 4.11. The number of rotatable bonds is 8. The lowest BCUT2D eigenvalue weighted by molar-refractivity contribution is -0.137. The van der Waals surface area contributed by atoms with Gasteiger partial charge in [0.2, 0.25) is 0 Å². The number of hydrogen-bond donors (Lipinski definition) is 0. The van der Waals surface area contributed by atoms with Gasteiger partial charge in [0, 0.05) is 5.75 Å². The van der Waals surface area contributed by atoms with E-state index in [1.54, 1.807) is 7.11 Å². The first-order valence-corrected chi connectivity index (χ1v) is 10.9. The summed E-state index contributed by atoms with van der Waals surface area (Å²) in [4.78, 5) is 4.50. The van der Waals surface area contributed by atoms with Crippen molar-refractivity contribution in [3.05, 3.63) is 83.9 Å². The summed E-state index contributed by atoms with van der Waals surface area (Å²) in [5, 5.41) is 0.654. The van der Waals surface area contributed by atoms with Crippen molar-refractivity contribution in [2.75, 3.05) is 19.5 Å². The Morgan fingerprint density at radius 1 is 0.938 bits per heavy atom. The van der Waals surface area contributed by atoms with E-state index < -0.39 is 11.7 Å². The number of aromatic nitrogens is 2. The summed E-state index contributed by atoms with van der Waals surface area (Å²) in [5.41, 5.74) is 1.34. The monoisotopic (exact) mass is 458 g/mol. The minimum absolute atomic E-state index is 0.328. The van der Waals surface area contributed by atoms with Gasteiger partial charge in [-0.05, 0) is 48.0 Å². The van der Waals surface area contributed by atoms with Crippen LogP contribution in [-0.4, -0.2) is 29.0 Å². The average Bonchev–Trinajstić information content (AvgIpc) is 3.14. The molecule has 0 unspecified atom stereocenters. The summed E-state index contributed by atoms with van der Waals surface area (Å²) in [5.74, 6) is 2.06. The van der Waals surface area contributed by atoms with Gasteiger partial charge in [-0.25, -0.2) is 4.98 Å². The van der Waals surface area contributed by atoms with Gasteiger partial charge in [-0.2, -0.15) is 13.2 Å². The number of hydrogen-bond acceptors (Lipinski definition) is 4. The van der Waals surface area contributed by atoms with Crippen LogP contribution in [0.4, 0.5) is 13.2 Å². The van der Waals surface area contributed by atoms with E-state index in [-0.39, 0.29) is 0 Å². The third-order valence-corrected chi connectivity index (χ3v) is 5.81. The molecule has 8 heteroatoms. The lowest BCUT2D eigenvalue weighted by atomic mass is 10.2. The number of fused-ring (bicyclic) bond motifs is 1. The molecule has 0 bridgehead atoms. The van der Waals surface area contributed by atoms with Gasteiger partial charge in [0.15, 0.2) is 5.16 Å². The zero-order valence-corrected chi connectivity index (χ0v) is 18.1. The molecule has 1 aromatic heterocycles. The van der Waals surface area contributed by atoms with E-state index in [9.17, 15) is 13.2 Å². The number of nitrogens with zero attached hydrogens (tertiary/aromatic N) is 2. The number of ether oxygens (including phenoxy) is 2. The molecule has 0 aliphatic carbocycles. The standard InChI is InChI=1S/C24H21F3N2O2S/c1-30-19-8-10-20(11-9-19)31-13-14-32-23-28-21-15-18(24(25,26)27)7-12-22(21)29(23)16-17-5-3-2-4-6-17/h2-12,15H,13-14,16H2,1H3. The minimum Gasteiger partial charge on any atom is -0.497 e. The third kappa shape index (κ3) is 5.19. The molecule has 4 rings (SSSR count). The van der Waals surface area contributed by atoms with Crippen molar-refractivity contribution in [1.82, 2.24) is 9.55 Å². The number of halogens is 3. The van der Waals surface area contributed by atoms with E-state index in [0.29, 0.717) is 35.1 Å². The number of alkyl halides is 3. The molecular weight excluding hydrogens is 437 g/mol. The number of methoxy groups -OCH3 is 1. The molecule has 0 aliphatic rings. The molecule has 0 fully saturated rings. The van der Waals surface area contributed by atoms with Crippen LogP contribution >= 0.6 is 11.8 Å². The summed E-state index contributed by atoms with van der Waals surface area (Å²) in [7, 11) is 1.60. The predicted octanol–water partition coefficient (Wildman–Crippen LogP) is 6.28. The smallest absolute Gasteiger partial charge is 0.416 e. The van der Waals surface area contributed by atoms with Gasteiger partial charge in [-0.1, -0.05) is 42.1 Å². The van der Waals surface area contributed by atoms with E-state index in [1.165, 1.54) is 17.8 Å². The maximum absolute atomic E-state index is 13.2. The molecule has 3 aromatic carbocycles. The zero-order valence-electron chi connectivity index (χ0n) is 17.3. The summed E-state index contributed by atoms with van der Waals surface area (Å²) < 4.78 is 52.3. The molecular formula is C24H21F3N2O2S. The molecule has 0 saturated carbocycles. The van der Waals surface area contributed by atoms with Crippen molar-refractivity contribution in [3.63, 3.8) is 0 Å². The fraction of sp³-hybridized carbons (Fsp3) is 0.208. The lowest BCUT2D eigenvalue weighted by Crippen LogP contribution is -2.05. The first-order valence-electron chi connectivity index (χ1n) is 9.95. The second kappa shape index (κ2) is 9.56. The van der Waals surface area contributed by atoms with Crippen LogP contribution in [0.5, 0.6) is 11.5 Å². The summed E-state index contributed by atoms with van der Waals surface area (Å²) in [6.07, 6.45) is -4.41. The molecule has 0 radical (unpaired) electrons. The predicted molar refractivity (Wildman–Crippen MR) is 119 cm³/mol. The molecule has 0 aliphatic heterocycles. The molecule has 4 aromatic rings. The minimum atomic E-state index is -4.41. The van der Waals surface area contributed by atoms with Crippen LogP contribution in [0.2, 0.25) is 0 Å². The molecule has 0 atom stereocenters. The van der Waals surface area contributed by atoms with Gasteiger partial charge in [0.25, 0.3) is 0 Å². The Morgan fingerprint density at radius 2 is 1.66 bits per heavy atom. The van der Waals surface area contributed by atoms with Crippen LogP contribution in [-0.2, 0) is 12.7 Å². The SMILES string of the molecule is COc1ccc(OCCSc2nc3cc(C(F)(F)F)ccc3n2Cc2ccccc2)cc1. The number of benzene rings is 3. The topological polar surface area (TPSA) is 36.3 Å². The van der Waals surface area contributed by atoms with Crippen molar-refractivity contribution in [2.24, 2.45) is 0 Å². The largest absolute Gasteiger partial charge is 0.497 e. The fourth-order valence-electron chi connectivity index (χ4n) is 3.28. The van der Waals surface area contributed by atoms with Gasteiger partial charge in [0.1, 0.15) is 11.5 Å². The molecule has 32 heavy (non-hydrogen) atoms. The van der Waals surface area contributed by atoms with Crippen molar-refractivity contribution in [2.45, 2.75) is 17.9 Å². The quantitative estimate of drug-likeness (QED) is 0.230. The highest BCUT2D eigenvalue weighted by Crippen LogP contribution is 2.33. The van der Waals surface area contributed by atoms with Gasteiger partial charge < -0.3 is 14.0 Å². The number of thioether (sulfide) groups is 1. The molecule has 0 N–H and O–H groups in total. The Hall–Kier alpha value is -3.13. The van der Waals surface area contributed by atoms with Crippen molar-refractivity contribution < 1.29 is 22.6 Å².